The van der Waals surface area contributed by atoms with E-state index < -0.39 is 0 Å². The maximum absolute atomic E-state index is 6.15. The number of aromatic nitrogens is 1. The third-order valence-electron chi connectivity index (χ3n) is 3.30. The van der Waals surface area contributed by atoms with E-state index in [1.165, 1.54) is 5.56 Å². The standard InChI is InChI=1S/C15H15Cl3N2/c1-10(11-3-5-12(16)6-4-11)20(2)9-14-13(17)7-8-15(18)19-14/h3-8,10H,9H2,1-2H3. The van der Waals surface area contributed by atoms with Crippen molar-refractivity contribution in [3.05, 3.63) is 62.9 Å². The van der Waals surface area contributed by atoms with E-state index in [0.717, 1.165) is 10.7 Å². The fourth-order valence-electron chi connectivity index (χ4n) is 1.94. The average Bonchev–Trinajstić information content (AvgIpc) is 2.43. The van der Waals surface area contributed by atoms with E-state index in [0.29, 0.717) is 16.7 Å². The zero-order chi connectivity index (χ0) is 14.7. The highest BCUT2D eigenvalue weighted by molar-refractivity contribution is 6.32. The quantitative estimate of drug-likeness (QED) is 0.714. The van der Waals surface area contributed by atoms with Gasteiger partial charge < -0.3 is 0 Å². The molecule has 106 valence electrons. The maximum Gasteiger partial charge on any atom is 0.129 e. The zero-order valence-corrected chi connectivity index (χ0v) is 13.5. The molecule has 2 nitrogen and oxygen atoms in total. The van der Waals surface area contributed by atoms with E-state index in [4.69, 9.17) is 34.8 Å². The molecule has 1 aromatic heterocycles. The van der Waals surface area contributed by atoms with Crippen molar-refractivity contribution in [2.45, 2.75) is 19.5 Å². The molecule has 0 aliphatic rings. The summed E-state index contributed by atoms with van der Waals surface area (Å²) in [5.74, 6) is 0. The van der Waals surface area contributed by atoms with Crippen molar-refractivity contribution in [1.29, 1.82) is 0 Å². The largest absolute Gasteiger partial charge is 0.294 e. The molecule has 1 unspecified atom stereocenters. The molecule has 0 aliphatic heterocycles. The zero-order valence-electron chi connectivity index (χ0n) is 11.3. The van der Waals surface area contributed by atoms with Crippen LogP contribution in [0.3, 0.4) is 0 Å². The van der Waals surface area contributed by atoms with Crippen molar-refractivity contribution in [3.8, 4) is 0 Å². The predicted octanol–water partition coefficient (Wildman–Crippen LogP) is 5.23. The van der Waals surface area contributed by atoms with Crippen molar-refractivity contribution in [1.82, 2.24) is 9.88 Å². The second-order valence-electron chi connectivity index (χ2n) is 4.71. The Labute approximate surface area is 134 Å². The number of nitrogens with zero attached hydrogens (tertiary/aromatic N) is 2. The summed E-state index contributed by atoms with van der Waals surface area (Å²) in [7, 11) is 2.03. The van der Waals surface area contributed by atoms with Crippen LogP contribution in [0.15, 0.2) is 36.4 Å². The van der Waals surface area contributed by atoms with Crippen molar-refractivity contribution < 1.29 is 0 Å². The summed E-state index contributed by atoms with van der Waals surface area (Å²) in [4.78, 5) is 6.43. The van der Waals surface area contributed by atoms with Crippen LogP contribution >= 0.6 is 34.8 Å². The van der Waals surface area contributed by atoms with Crippen molar-refractivity contribution in [2.75, 3.05) is 7.05 Å². The first-order valence-electron chi connectivity index (χ1n) is 6.24. The molecular formula is C15H15Cl3N2. The van der Waals surface area contributed by atoms with Gasteiger partial charge >= 0.3 is 0 Å². The minimum atomic E-state index is 0.226. The first-order valence-corrected chi connectivity index (χ1v) is 7.37. The van der Waals surface area contributed by atoms with Gasteiger partial charge in [0, 0.05) is 17.6 Å². The van der Waals surface area contributed by atoms with Crippen LogP contribution in [-0.2, 0) is 6.54 Å². The lowest BCUT2D eigenvalue weighted by atomic mass is 10.1. The molecule has 0 saturated carbocycles. The Balaban J connectivity index is 2.13. The normalized spacial score (nSPS) is 12.7. The van der Waals surface area contributed by atoms with Crippen molar-refractivity contribution >= 4 is 34.8 Å². The molecule has 0 amide bonds. The average molecular weight is 330 g/mol. The summed E-state index contributed by atoms with van der Waals surface area (Å²) in [5, 5.41) is 1.82. The Morgan fingerprint density at radius 3 is 2.35 bits per heavy atom. The molecule has 0 bridgehead atoms. The Bertz CT molecular complexity index is 584. The smallest absolute Gasteiger partial charge is 0.129 e. The molecule has 0 radical (unpaired) electrons. The number of pyridine rings is 1. The summed E-state index contributed by atoms with van der Waals surface area (Å²) >= 11 is 18.0. The lowest BCUT2D eigenvalue weighted by Gasteiger charge is -2.25. The van der Waals surface area contributed by atoms with Crippen LogP contribution in [0, 0.1) is 0 Å². The minimum Gasteiger partial charge on any atom is -0.294 e. The predicted molar refractivity (Wildman–Crippen MR) is 85.6 cm³/mol. The Kier molecular flexibility index (Phi) is 5.28. The summed E-state index contributed by atoms with van der Waals surface area (Å²) in [6, 6.07) is 11.5. The molecule has 0 spiro atoms. The van der Waals surface area contributed by atoms with Gasteiger partial charge in [0.25, 0.3) is 0 Å². The molecule has 20 heavy (non-hydrogen) atoms. The monoisotopic (exact) mass is 328 g/mol. The molecule has 1 heterocycles. The number of hydrogen-bond donors (Lipinski definition) is 0. The number of benzene rings is 1. The Morgan fingerprint density at radius 1 is 1.05 bits per heavy atom. The molecule has 2 rings (SSSR count). The van der Waals surface area contributed by atoms with E-state index in [1.54, 1.807) is 12.1 Å². The van der Waals surface area contributed by atoms with Crippen LogP contribution in [0.1, 0.15) is 24.2 Å². The van der Waals surface area contributed by atoms with Gasteiger partial charge in [0.05, 0.1) is 10.7 Å². The van der Waals surface area contributed by atoms with Gasteiger partial charge in [-0.15, -0.1) is 0 Å². The summed E-state index contributed by atoms with van der Waals surface area (Å²) in [5.41, 5.74) is 1.97. The number of hydrogen-bond acceptors (Lipinski definition) is 2. The molecule has 0 fully saturated rings. The van der Waals surface area contributed by atoms with Gasteiger partial charge in [-0.25, -0.2) is 4.98 Å². The minimum absolute atomic E-state index is 0.226. The van der Waals surface area contributed by atoms with Crippen LogP contribution in [0.5, 0.6) is 0 Å². The highest BCUT2D eigenvalue weighted by Crippen LogP contribution is 2.24. The molecule has 5 heteroatoms. The topological polar surface area (TPSA) is 16.1 Å². The van der Waals surface area contributed by atoms with Crippen molar-refractivity contribution in [3.63, 3.8) is 0 Å². The molecule has 0 N–H and O–H groups in total. The van der Waals surface area contributed by atoms with E-state index in [9.17, 15) is 0 Å². The van der Waals surface area contributed by atoms with E-state index >= 15 is 0 Å². The van der Waals surface area contributed by atoms with Gasteiger partial charge in [0.15, 0.2) is 0 Å². The van der Waals surface area contributed by atoms with Gasteiger partial charge in [-0.3, -0.25) is 4.90 Å². The third kappa shape index (κ3) is 3.86. The molecule has 2 aromatic rings. The molecule has 1 aromatic carbocycles. The molecule has 0 saturated heterocycles. The number of halogens is 3. The van der Waals surface area contributed by atoms with E-state index in [1.807, 2.05) is 31.3 Å². The van der Waals surface area contributed by atoms with Gasteiger partial charge in [-0.2, -0.15) is 0 Å². The van der Waals surface area contributed by atoms with Gasteiger partial charge in [0.1, 0.15) is 5.15 Å². The summed E-state index contributed by atoms with van der Waals surface area (Å²) in [6.45, 7) is 2.75. The lowest BCUT2D eigenvalue weighted by molar-refractivity contribution is 0.250. The molecule has 1 atom stereocenters. The maximum atomic E-state index is 6.15. The molecule has 0 aliphatic carbocycles. The summed E-state index contributed by atoms with van der Waals surface area (Å²) in [6.07, 6.45) is 0. The third-order valence-corrected chi connectivity index (χ3v) is 4.10. The highest BCUT2D eigenvalue weighted by atomic mass is 35.5. The first kappa shape index (κ1) is 15.6. The second-order valence-corrected chi connectivity index (χ2v) is 5.94. The van der Waals surface area contributed by atoms with Crippen LogP contribution in [-0.4, -0.2) is 16.9 Å². The molecular weight excluding hydrogens is 315 g/mol. The van der Waals surface area contributed by atoms with E-state index in [-0.39, 0.29) is 6.04 Å². The SMILES string of the molecule is CC(c1ccc(Cl)cc1)N(C)Cc1nc(Cl)ccc1Cl. The number of rotatable bonds is 4. The summed E-state index contributed by atoms with van der Waals surface area (Å²) < 4.78 is 0. The van der Waals surface area contributed by atoms with Gasteiger partial charge in [0.2, 0.25) is 0 Å². The van der Waals surface area contributed by atoms with Crippen LogP contribution in [0.2, 0.25) is 15.2 Å². The Morgan fingerprint density at radius 2 is 1.70 bits per heavy atom. The highest BCUT2D eigenvalue weighted by Gasteiger charge is 2.14. The second kappa shape index (κ2) is 6.77. The van der Waals surface area contributed by atoms with Gasteiger partial charge in [-0.05, 0) is 43.8 Å². The van der Waals surface area contributed by atoms with Crippen molar-refractivity contribution in [2.24, 2.45) is 0 Å². The van der Waals surface area contributed by atoms with Crippen LogP contribution in [0.25, 0.3) is 0 Å². The fraction of sp³-hybridized carbons (Fsp3) is 0.267. The first-order chi connectivity index (χ1) is 9.47. The lowest BCUT2D eigenvalue weighted by Crippen LogP contribution is -2.22. The van der Waals surface area contributed by atoms with Crippen LogP contribution < -0.4 is 0 Å². The fourth-order valence-corrected chi connectivity index (χ4v) is 2.39. The van der Waals surface area contributed by atoms with Crippen LogP contribution in [0.4, 0.5) is 0 Å². The van der Waals surface area contributed by atoms with Gasteiger partial charge in [-0.1, -0.05) is 46.9 Å². The Hall–Kier alpha value is -0.800. The van der Waals surface area contributed by atoms with E-state index in [2.05, 4.69) is 16.8 Å².